The minimum atomic E-state index is -0.309. The van der Waals surface area contributed by atoms with Crippen molar-refractivity contribution < 1.29 is 23.2 Å². The number of anilines is 1. The Bertz CT molecular complexity index is 1100. The molecule has 0 radical (unpaired) electrons. The van der Waals surface area contributed by atoms with Crippen molar-refractivity contribution in [2.24, 2.45) is 0 Å². The molecule has 0 saturated heterocycles. The molecule has 0 saturated carbocycles. The quantitative estimate of drug-likeness (QED) is 0.511. The number of benzene rings is 2. The van der Waals surface area contributed by atoms with Crippen LogP contribution in [0.3, 0.4) is 0 Å². The highest BCUT2D eigenvalue weighted by molar-refractivity contribution is 6.04. The van der Waals surface area contributed by atoms with Gasteiger partial charge < -0.3 is 18.9 Å². The lowest BCUT2D eigenvalue weighted by Gasteiger charge is -2.06. The van der Waals surface area contributed by atoms with Crippen molar-refractivity contribution in [1.82, 2.24) is 10.2 Å². The number of hydrogen-bond donors (Lipinski definition) is 1. The van der Waals surface area contributed by atoms with Gasteiger partial charge in [-0.1, -0.05) is 6.07 Å². The van der Waals surface area contributed by atoms with E-state index in [0.29, 0.717) is 40.7 Å². The van der Waals surface area contributed by atoms with E-state index >= 15 is 0 Å². The first-order valence-electron chi connectivity index (χ1n) is 8.22. The maximum atomic E-state index is 12.4. The predicted octanol–water partition coefficient (Wildman–Crippen LogP) is 3.78. The van der Waals surface area contributed by atoms with Crippen LogP contribution in [0, 0.1) is 0 Å². The lowest BCUT2D eigenvalue weighted by molar-refractivity contribution is -0.120. The first kappa shape index (κ1) is 17.2. The normalized spacial score (nSPS) is 10.4. The Balaban J connectivity index is 1.51. The molecule has 0 atom stereocenters. The Morgan fingerprint density at radius 1 is 1.00 bits per heavy atom. The fourth-order valence-electron chi connectivity index (χ4n) is 2.51. The minimum absolute atomic E-state index is 0.270. The Kier molecular flexibility index (Phi) is 4.67. The Morgan fingerprint density at radius 2 is 1.82 bits per heavy atom. The molecule has 2 heterocycles. The summed E-state index contributed by atoms with van der Waals surface area (Å²) in [7, 11) is 0. The van der Waals surface area contributed by atoms with Crippen LogP contribution in [0.1, 0.15) is 10.4 Å². The van der Waals surface area contributed by atoms with E-state index in [1.165, 1.54) is 18.4 Å². The summed E-state index contributed by atoms with van der Waals surface area (Å²) in [6.07, 6.45) is 1.52. The van der Waals surface area contributed by atoms with Crippen molar-refractivity contribution >= 4 is 18.1 Å². The molecule has 1 amide bonds. The van der Waals surface area contributed by atoms with E-state index in [1.54, 1.807) is 48.5 Å². The van der Waals surface area contributed by atoms with E-state index in [9.17, 15) is 9.59 Å². The minimum Gasteiger partial charge on any atom is -0.459 e. The maximum absolute atomic E-state index is 12.4. The second-order valence-corrected chi connectivity index (χ2v) is 5.66. The van der Waals surface area contributed by atoms with Gasteiger partial charge in [-0.15, -0.1) is 10.2 Å². The van der Waals surface area contributed by atoms with Crippen molar-refractivity contribution in [2.45, 2.75) is 0 Å². The third kappa shape index (κ3) is 3.65. The number of rotatable bonds is 6. The average molecular weight is 375 g/mol. The molecule has 1 N–H and O–H groups in total. The summed E-state index contributed by atoms with van der Waals surface area (Å²) < 4.78 is 15.6. The van der Waals surface area contributed by atoms with Gasteiger partial charge in [-0.25, -0.2) is 0 Å². The van der Waals surface area contributed by atoms with E-state index in [4.69, 9.17) is 13.6 Å². The van der Waals surface area contributed by atoms with E-state index in [2.05, 4.69) is 15.5 Å². The highest BCUT2D eigenvalue weighted by atomic mass is 16.5. The summed E-state index contributed by atoms with van der Waals surface area (Å²) in [5.41, 5.74) is 1.63. The predicted molar refractivity (Wildman–Crippen MR) is 98.5 cm³/mol. The number of furan rings is 1. The topological polar surface area (TPSA) is 107 Å². The number of carbonyl (C=O) groups excluding carboxylic acids is 2. The second-order valence-electron chi connectivity index (χ2n) is 5.66. The molecule has 0 unspecified atom stereocenters. The van der Waals surface area contributed by atoms with Gasteiger partial charge in [0, 0.05) is 16.8 Å². The van der Waals surface area contributed by atoms with Crippen LogP contribution in [-0.2, 0) is 4.79 Å². The highest BCUT2D eigenvalue weighted by Crippen LogP contribution is 2.26. The van der Waals surface area contributed by atoms with Gasteiger partial charge in [0.1, 0.15) is 5.75 Å². The molecule has 8 heteroatoms. The van der Waals surface area contributed by atoms with Crippen LogP contribution < -0.4 is 10.1 Å². The fourth-order valence-corrected chi connectivity index (χ4v) is 2.51. The van der Waals surface area contributed by atoms with Crippen molar-refractivity contribution in [1.29, 1.82) is 0 Å². The van der Waals surface area contributed by atoms with Crippen molar-refractivity contribution in [2.75, 3.05) is 5.32 Å². The Morgan fingerprint density at radius 3 is 2.57 bits per heavy atom. The Hall–Kier alpha value is -4.20. The zero-order valence-electron chi connectivity index (χ0n) is 14.4. The van der Waals surface area contributed by atoms with Crippen LogP contribution in [0.5, 0.6) is 5.75 Å². The molecule has 0 aliphatic carbocycles. The molecule has 0 bridgehead atoms. The molecular weight excluding hydrogens is 362 g/mol. The zero-order chi connectivity index (χ0) is 19.3. The Labute approximate surface area is 158 Å². The molecular formula is C20H13N3O5. The van der Waals surface area contributed by atoms with Crippen LogP contribution >= 0.6 is 0 Å². The number of amides is 1. The molecule has 138 valence electrons. The first-order valence-corrected chi connectivity index (χ1v) is 8.22. The maximum Gasteiger partial charge on any atom is 0.298 e. The van der Waals surface area contributed by atoms with Crippen LogP contribution in [0.4, 0.5) is 5.69 Å². The molecule has 2 aromatic carbocycles. The van der Waals surface area contributed by atoms with Crippen LogP contribution in [-0.4, -0.2) is 22.6 Å². The zero-order valence-corrected chi connectivity index (χ0v) is 14.4. The van der Waals surface area contributed by atoms with Gasteiger partial charge in [0.15, 0.2) is 5.76 Å². The summed E-state index contributed by atoms with van der Waals surface area (Å²) in [6.45, 7) is 0.329. The van der Waals surface area contributed by atoms with Crippen LogP contribution in [0.25, 0.3) is 23.1 Å². The van der Waals surface area contributed by atoms with Crippen LogP contribution in [0.2, 0.25) is 0 Å². The van der Waals surface area contributed by atoms with Gasteiger partial charge in [-0.2, -0.15) is 0 Å². The third-order valence-corrected chi connectivity index (χ3v) is 3.83. The SMILES string of the molecule is O=COc1ccc(C(=O)Nc2cccc(-c3nnc(-c4ccco4)o3)c2)cc1. The third-order valence-electron chi connectivity index (χ3n) is 3.83. The van der Waals surface area contributed by atoms with E-state index in [1.807, 2.05) is 0 Å². The summed E-state index contributed by atoms with van der Waals surface area (Å²) >= 11 is 0. The van der Waals surface area contributed by atoms with Gasteiger partial charge in [0.2, 0.25) is 5.89 Å². The van der Waals surface area contributed by atoms with Gasteiger partial charge in [0.25, 0.3) is 18.3 Å². The number of carbonyl (C=O) groups is 2. The van der Waals surface area contributed by atoms with Crippen molar-refractivity contribution in [3.05, 3.63) is 72.5 Å². The highest BCUT2D eigenvalue weighted by Gasteiger charge is 2.13. The van der Waals surface area contributed by atoms with E-state index in [-0.39, 0.29) is 11.8 Å². The fraction of sp³-hybridized carbons (Fsp3) is 0. The van der Waals surface area contributed by atoms with Gasteiger partial charge >= 0.3 is 0 Å². The smallest absolute Gasteiger partial charge is 0.298 e. The molecule has 8 nitrogen and oxygen atoms in total. The molecule has 0 aliphatic rings. The van der Waals surface area contributed by atoms with Gasteiger partial charge in [-0.3, -0.25) is 9.59 Å². The molecule has 4 aromatic rings. The summed E-state index contributed by atoms with van der Waals surface area (Å²) in [5, 5.41) is 10.8. The average Bonchev–Trinajstić information content (AvgIpc) is 3.41. The summed E-state index contributed by atoms with van der Waals surface area (Å²) in [5.74, 6) is 1.10. The number of ether oxygens (including phenoxy) is 1. The summed E-state index contributed by atoms with van der Waals surface area (Å²) in [6, 6.07) is 16.7. The monoisotopic (exact) mass is 375 g/mol. The second kappa shape index (κ2) is 7.58. The molecule has 28 heavy (non-hydrogen) atoms. The van der Waals surface area contributed by atoms with Gasteiger partial charge in [0.05, 0.1) is 6.26 Å². The standard InChI is InChI=1S/C20H13N3O5/c24-12-27-16-8-6-13(7-9-16)18(25)21-15-4-1-3-14(11-15)19-22-23-20(28-19)17-5-2-10-26-17/h1-12H,(H,21,25). The molecule has 4 rings (SSSR count). The van der Waals surface area contributed by atoms with Crippen molar-refractivity contribution in [3.63, 3.8) is 0 Å². The van der Waals surface area contributed by atoms with E-state index in [0.717, 1.165) is 0 Å². The number of nitrogens with one attached hydrogen (secondary N) is 1. The van der Waals surface area contributed by atoms with Crippen molar-refractivity contribution in [3.8, 4) is 28.9 Å². The number of aromatic nitrogens is 2. The number of hydrogen-bond acceptors (Lipinski definition) is 7. The largest absolute Gasteiger partial charge is 0.459 e. The summed E-state index contributed by atoms with van der Waals surface area (Å²) in [4.78, 5) is 22.7. The molecule has 2 aromatic heterocycles. The lowest BCUT2D eigenvalue weighted by Crippen LogP contribution is -2.11. The first-order chi connectivity index (χ1) is 13.7. The lowest BCUT2D eigenvalue weighted by atomic mass is 10.1. The number of nitrogens with zero attached hydrogens (tertiary/aromatic N) is 2. The van der Waals surface area contributed by atoms with E-state index < -0.39 is 0 Å². The molecule has 0 spiro atoms. The van der Waals surface area contributed by atoms with Crippen LogP contribution in [0.15, 0.2) is 75.8 Å². The van der Waals surface area contributed by atoms with Gasteiger partial charge in [-0.05, 0) is 54.6 Å². The molecule has 0 aliphatic heterocycles. The molecule has 0 fully saturated rings.